The van der Waals surface area contributed by atoms with Gasteiger partial charge < -0.3 is 4.74 Å². The number of fused-ring (bicyclic) bond motifs is 2. The highest BCUT2D eigenvalue weighted by Gasteiger charge is 2.36. The second kappa shape index (κ2) is 10.3. The second-order valence-electron chi connectivity index (χ2n) is 10.1. The number of benzene rings is 2. The summed E-state index contributed by atoms with van der Waals surface area (Å²) in [5.41, 5.74) is 0.716. The molecular formula is C28H38F2O. The van der Waals surface area contributed by atoms with E-state index in [0.29, 0.717) is 28.0 Å². The summed E-state index contributed by atoms with van der Waals surface area (Å²) in [6.45, 7) is 2.27. The Labute approximate surface area is 186 Å². The zero-order valence-electron chi connectivity index (χ0n) is 19.3. The molecule has 4 unspecified atom stereocenters. The lowest BCUT2D eigenvalue weighted by Gasteiger charge is -2.42. The fourth-order valence-electron chi connectivity index (χ4n) is 6.33. The molecule has 2 saturated carbocycles. The molecule has 4 rings (SSSR count). The minimum absolute atomic E-state index is 0.190. The summed E-state index contributed by atoms with van der Waals surface area (Å²) in [5, 5.41) is 1.08. The fourth-order valence-corrected chi connectivity index (χ4v) is 6.33. The van der Waals surface area contributed by atoms with Gasteiger partial charge >= 0.3 is 0 Å². The Morgan fingerprint density at radius 3 is 2.42 bits per heavy atom. The van der Waals surface area contributed by atoms with Gasteiger partial charge in [0.25, 0.3) is 0 Å². The number of unbranched alkanes of at least 4 members (excludes halogenated alkanes) is 4. The maximum Gasteiger partial charge on any atom is 0.134 e. The summed E-state index contributed by atoms with van der Waals surface area (Å²) in [6.07, 6.45) is 15.6. The van der Waals surface area contributed by atoms with Gasteiger partial charge in [0.05, 0.1) is 7.11 Å². The van der Waals surface area contributed by atoms with Crippen molar-refractivity contribution in [2.75, 3.05) is 7.11 Å². The molecule has 31 heavy (non-hydrogen) atoms. The summed E-state index contributed by atoms with van der Waals surface area (Å²) in [4.78, 5) is 0. The largest absolute Gasteiger partial charge is 0.497 e. The minimum atomic E-state index is -0.330. The molecular weight excluding hydrogens is 390 g/mol. The van der Waals surface area contributed by atoms with Crippen molar-refractivity contribution in [1.82, 2.24) is 0 Å². The highest BCUT2D eigenvalue weighted by Crippen LogP contribution is 2.49. The third-order valence-electron chi connectivity index (χ3n) is 8.11. The van der Waals surface area contributed by atoms with Gasteiger partial charge in [0, 0.05) is 11.5 Å². The minimum Gasteiger partial charge on any atom is -0.497 e. The molecule has 2 aliphatic rings. The Bertz CT molecular complexity index is 877. The molecule has 0 aromatic heterocycles. The summed E-state index contributed by atoms with van der Waals surface area (Å²) < 4.78 is 34.8. The van der Waals surface area contributed by atoms with Gasteiger partial charge in [-0.1, -0.05) is 51.9 Å². The molecule has 2 fully saturated rings. The Kier molecular flexibility index (Phi) is 7.51. The molecule has 0 spiro atoms. The lowest BCUT2D eigenvalue weighted by atomic mass is 9.63. The number of ether oxygens (including phenoxy) is 1. The number of methoxy groups -OCH3 is 1. The highest BCUT2D eigenvalue weighted by molar-refractivity contribution is 5.85. The van der Waals surface area contributed by atoms with Crippen molar-refractivity contribution in [1.29, 1.82) is 0 Å². The van der Waals surface area contributed by atoms with E-state index in [2.05, 4.69) is 6.92 Å². The standard InChI is InChI=1S/C28H38F2O/c1-3-4-5-6-7-8-19-9-10-21-14-22(12-11-20(21)13-19)25-18-26-23(16-27(25)29)15-24(31-2)17-28(26)30/h15-22H,3-14H2,1-2H3. The molecule has 0 bridgehead atoms. The summed E-state index contributed by atoms with van der Waals surface area (Å²) in [6, 6.07) is 6.38. The number of hydrogen-bond donors (Lipinski definition) is 0. The van der Waals surface area contributed by atoms with E-state index >= 15 is 4.39 Å². The maximum absolute atomic E-state index is 15.0. The van der Waals surface area contributed by atoms with E-state index in [-0.39, 0.29) is 17.6 Å². The Morgan fingerprint density at radius 1 is 0.839 bits per heavy atom. The molecule has 170 valence electrons. The van der Waals surface area contributed by atoms with E-state index in [1.54, 1.807) is 12.1 Å². The van der Waals surface area contributed by atoms with Crippen LogP contribution in [-0.2, 0) is 0 Å². The molecule has 0 aliphatic heterocycles. The molecule has 0 amide bonds. The van der Waals surface area contributed by atoms with E-state index in [1.165, 1.54) is 83.5 Å². The van der Waals surface area contributed by atoms with E-state index < -0.39 is 0 Å². The van der Waals surface area contributed by atoms with Crippen LogP contribution < -0.4 is 4.74 Å². The second-order valence-corrected chi connectivity index (χ2v) is 10.1. The molecule has 0 heterocycles. The molecule has 0 N–H and O–H groups in total. The first kappa shape index (κ1) is 22.6. The SMILES string of the molecule is CCCCCCCC1CCC2CC(c3cc4c(F)cc(OC)cc4cc3F)CCC2C1. The molecule has 0 radical (unpaired) electrons. The van der Waals surface area contributed by atoms with Crippen LogP contribution in [0.5, 0.6) is 5.75 Å². The zero-order chi connectivity index (χ0) is 21.8. The number of rotatable bonds is 8. The molecule has 0 saturated heterocycles. The smallest absolute Gasteiger partial charge is 0.134 e. The summed E-state index contributed by atoms with van der Waals surface area (Å²) in [7, 11) is 1.50. The van der Waals surface area contributed by atoms with Crippen molar-refractivity contribution < 1.29 is 13.5 Å². The normalized spacial score (nSPS) is 26.1. The van der Waals surface area contributed by atoms with Crippen LogP contribution in [0.15, 0.2) is 24.3 Å². The predicted octanol–water partition coefficient (Wildman–Crippen LogP) is 8.79. The quantitative estimate of drug-likeness (QED) is 0.382. The molecule has 1 nitrogen and oxygen atoms in total. The van der Waals surface area contributed by atoms with Crippen LogP contribution in [0.3, 0.4) is 0 Å². The third kappa shape index (κ3) is 5.23. The first-order valence-corrected chi connectivity index (χ1v) is 12.6. The average Bonchev–Trinajstić information content (AvgIpc) is 2.78. The van der Waals surface area contributed by atoms with Crippen LogP contribution in [0.25, 0.3) is 10.8 Å². The van der Waals surface area contributed by atoms with Gasteiger partial charge in [0.15, 0.2) is 0 Å². The van der Waals surface area contributed by atoms with E-state index in [9.17, 15) is 4.39 Å². The molecule has 3 heteroatoms. The van der Waals surface area contributed by atoms with E-state index in [1.807, 2.05) is 0 Å². The molecule has 2 aliphatic carbocycles. The van der Waals surface area contributed by atoms with Crippen molar-refractivity contribution >= 4 is 10.8 Å². The maximum atomic E-state index is 15.0. The van der Waals surface area contributed by atoms with Crippen LogP contribution in [0.4, 0.5) is 8.78 Å². The first-order chi connectivity index (χ1) is 15.1. The lowest BCUT2D eigenvalue weighted by molar-refractivity contribution is 0.112. The zero-order valence-corrected chi connectivity index (χ0v) is 19.3. The average molecular weight is 429 g/mol. The van der Waals surface area contributed by atoms with Crippen LogP contribution in [-0.4, -0.2) is 7.11 Å². The van der Waals surface area contributed by atoms with Crippen molar-refractivity contribution in [3.05, 3.63) is 41.5 Å². The molecule has 2 aromatic carbocycles. The first-order valence-electron chi connectivity index (χ1n) is 12.6. The fraction of sp³-hybridized carbons (Fsp3) is 0.643. The summed E-state index contributed by atoms with van der Waals surface area (Å²) in [5.74, 6) is 2.56. The molecule has 4 atom stereocenters. The van der Waals surface area contributed by atoms with Gasteiger partial charge in [-0.3, -0.25) is 0 Å². The Hall–Kier alpha value is -1.64. The lowest BCUT2D eigenvalue weighted by Crippen LogP contribution is -2.30. The van der Waals surface area contributed by atoms with Gasteiger partial charge in [-0.2, -0.15) is 0 Å². The van der Waals surface area contributed by atoms with Crippen molar-refractivity contribution in [2.24, 2.45) is 17.8 Å². The third-order valence-corrected chi connectivity index (χ3v) is 8.11. The van der Waals surface area contributed by atoms with Gasteiger partial charge in [0.2, 0.25) is 0 Å². The van der Waals surface area contributed by atoms with Crippen molar-refractivity contribution in [3.8, 4) is 5.75 Å². The van der Waals surface area contributed by atoms with Crippen molar-refractivity contribution in [2.45, 2.75) is 89.9 Å². The predicted molar refractivity (Wildman–Crippen MR) is 125 cm³/mol. The topological polar surface area (TPSA) is 9.23 Å². The van der Waals surface area contributed by atoms with Crippen LogP contribution in [0.1, 0.15) is 95.5 Å². The van der Waals surface area contributed by atoms with E-state index in [0.717, 1.165) is 24.7 Å². The molecule has 2 aromatic rings. The van der Waals surface area contributed by atoms with Gasteiger partial charge in [0.1, 0.15) is 17.4 Å². The van der Waals surface area contributed by atoms with Gasteiger partial charge in [-0.25, -0.2) is 8.78 Å². The Balaban J connectivity index is 1.39. The van der Waals surface area contributed by atoms with Gasteiger partial charge in [-0.15, -0.1) is 0 Å². The number of halogens is 2. The van der Waals surface area contributed by atoms with E-state index in [4.69, 9.17) is 4.74 Å². The highest BCUT2D eigenvalue weighted by atomic mass is 19.1. The summed E-state index contributed by atoms with van der Waals surface area (Å²) >= 11 is 0. The van der Waals surface area contributed by atoms with Gasteiger partial charge in [-0.05, 0) is 84.9 Å². The Morgan fingerprint density at radius 2 is 1.61 bits per heavy atom. The van der Waals surface area contributed by atoms with Crippen LogP contribution >= 0.6 is 0 Å². The van der Waals surface area contributed by atoms with Crippen molar-refractivity contribution in [3.63, 3.8) is 0 Å². The number of hydrogen-bond acceptors (Lipinski definition) is 1. The van der Waals surface area contributed by atoms with Crippen LogP contribution in [0.2, 0.25) is 0 Å². The van der Waals surface area contributed by atoms with Crippen LogP contribution in [0, 0.1) is 29.4 Å². The monoisotopic (exact) mass is 428 g/mol.